The maximum atomic E-state index is 12.6. The zero-order valence-electron chi connectivity index (χ0n) is 14.0. The Labute approximate surface area is 159 Å². The van der Waals surface area contributed by atoms with Crippen LogP contribution in [-0.2, 0) is 4.79 Å². The highest BCUT2D eigenvalue weighted by molar-refractivity contribution is 9.10. The molecule has 25 heavy (non-hydrogen) atoms. The lowest BCUT2D eigenvalue weighted by Crippen LogP contribution is -2.34. The number of hydrogen-bond donors (Lipinski definition) is 1. The van der Waals surface area contributed by atoms with Crippen LogP contribution < -0.4 is 4.74 Å². The van der Waals surface area contributed by atoms with Crippen LogP contribution in [0.4, 0.5) is 4.79 Å². The molecule has 1 saturated heterocycles. The first kappa shape index (κ1) is 18.3. The van der Waals surface area contributed by atoms with Crippen molar-refractivity contribution in [2.45, 2.75) is 32.1 Å². The first-order valence-corrected chi connectivity index (χ1v) is 9.92. The molecule has 0 unspecified atom stereocenters. The highest BCUT2D eigenvalue weighted by Crippen LogP contribution is 2.38. The molecule has 7 heteroatoms. The molecule has 1 N–H and O–H groups in total. The van der Waals surface area contributed by atoms with Crippen molar-refractivity contribution in [3.05, 3.63) is 27.1 Å². The van der Waals surface area contributed by atoms with Gasteiger partial charge in [0.2, 0.25) is 0 Å². The van der Waals surface area contributed by atoms with Crippen LogP contribution in [0.1, 0.15) is 37.7 Å². The SMILES string of the molecule is COc1cc(/C=C2/SC(=O)N(CC3CCCCC3)C2=O)cc(Br)c1O. The molecular formula is C18H20BrNO4S. The first-order valence-electron chi connectivity index (χ1n) is 8.31. The third-order valence-corrected chi connectivity index (χ3v) is 6.12. The lowest BCUT2D eigenvalue weighted by atomic mass is 9.89. The number of nitrogens with zero attached hydrogens (tertiary/aromatic N) is 1. The van der Waals surface area contributed by atoms with Gasteiger partial charge in [0.1, 0.15) is 0 Å². The number of aromatic hydroxyl groups is 1. The number of amides is 2. The Morgan fingerprint density at radius 2 is 2.04 bits per heavy atom. The van der Waals surface area contributed by atoms with Crippen LogP contribution in [0.15, 0.2) is 21.5 Å². The van der Waals surface area contributed by atoms with Gasteiger partial charge in [0.25, 0.3) is 11.1 Å². The molecule has 0 spiro atoms. The van der Waals surface area contributed by atoms with E-state index in [4.69, 9.17) is 4.74 Å². The average molecular weight is 426 g/mol. The second-order valence-electron chi connectivity index (χ2n) is 6.35. The van der Waals surface area contributed by atoms with Crippen LogP contribution in [0.2, 0.25) is 0 Å². The van der Waals surface area contributed by atoms with Crippen LogP contribution >= 0.6 is 27.7 Å². The van der Waals surface area contributed by atoms with E-state index in [1.54, 1.807) is 18.2 Å². The van der Waals surface area contributed by atoms with E-state index in [0.29, 0.717) is 33.2 Å². The zero-order chi connectivity index (χ0) is 18.0. The number of hydrogen-bond acceptors (Lipinski definition) is 5. The van der Waals surface area contributed by atoms with Gasteiger partial charge in [-0.3, -0.25) is 14.5 Å². The summed E-state index contributed by atoms with van der Waals surface area (Å²) in [4.78, 5) is 26.7. The molecule has 1 aliphatic carbocycles. The molecule has 3 rings (SSSR count). The van der Waals surface area contributed by atoms with Crippen molar-refractivity contribution in [1.29, 1.82) is 0 Å². The molecule has 0 radical (unpaired) electrons. The minimum absolute atomic E-state index is 0.00468. The molecule has 0 atom stereocenters. The molecule has 134 valence electrons. The van der Waals surface area contributed by atoms with Gasteiger partial charge in [0, 0.05) is 6.54 Å². The average Bonchev–Trinajstić information content (AvgIpc) is 2.86. The molecule has 0 aromatic heterocycles. The number of benzene rings is 1. The summed E-state index contributed by atoms with van der Waals surface area (Å²) in [6.45, 7) is 0.518. The summed E-state index contributed by atoms with van der Waals surface area (Å²) < 4.78 is 5.59. The lowest BCUT2D eigenvalue weighted by molar-refractivity contribution is -0.123. The number of imide groups is 1. The molecule has 1 saturated carbocycles. The predicted octanol–water partition coefficient (Wildman–Crippen LogP) is 4.78. The normalized spacial score (nSPS) is 20.6. The summed E-state index contributed by atoms with van der Waals surface area (Å²) in [6, 6.07) is 3.32. The number of ether oxygens (including phenoxy) is 1. The molecule has 1 aliphatic heterocycles. The van der Waals surface area contributed by atoms with E-state index < -0.39 is 0 Å². The second-order valence-corrected chi connectivity index (χ2v) is 8.20. The van der Waals surface area contributed by atoms with Crippen molar-refractivity contribution in [1.82, 2.24) is 4.90 Å². The molecule has 1 aromatic carbocycles. The highest BCUT2D eigenvalue weighted by atomic mass is 79.9. The maximum absolute atomic E-state index is 12.6. The summed E-state index contributed by atoms with van der Waals surface area (Å²) in [6.07, 6.45) is 7.44. The van der Waals surface area contributed by atoms with Gasteiger partial charge in [0.05, 0.1) is 16.5 Å². The molecule has 2 amide bonds. The van der Waals surface area contributed by atoms with Gasteiger partial charge >= 0.3 is 0 Å². The van der Waals surface area contributed by atoms with E-state index in [-0.39, 0.29) is 16.9 Å². The van der Waals surface area contributed by atoms with Crippen molar-refractivity contribution >= 4 is 44.9 Å². The maximum Gasteiger partial charge on any atom is 0.293 e. The van der Waals surface area contributed by atoms with Crippen molar-refractivity contribution in [3.8, 4) is 11.5 Å². The van der Waals surface area contributed by atoms with Gasteiger partial charge in [-0.2, -0.15) is 0 Å². The van der Waals surface area contributed by atoms with Gasteiger partial charge in [0.15, 0.2) is 11.5 Å². The Bertz CT molecular complexity index is 728. The van der Waals surface area contributed by atoms with Crippen LogP contribution in [0, 0.1) is 5.92 Å². The topological polar surface area (TPSA) is 66.8 Å². The molecule has 1 heterocycles. The number of phenolic OH excluding ortho intramolecular Hbond substituents is 1. The Hall–Kier alpha value is -1.47. The number of carbonyl (C=O) groups is 2. The van der Waals surface area contributed by atoms with Gasteiger partial charge in [-0.05, 0) is 70.2 Å². The number of thioether (sulfide) groups is 1. The fourth-order valence-corrected chi connectivity index (χ4v) is 4.58. The highest BCUT2D eigenvalue weighted by Gasteiger charge is 2.36. The molecule has 1 aromatic rings. The van der Waals surface area contributed by atoms with Crippen LogP contribution in [0.3, 0.4) is 0 Å². The van der Waals surface area contributed by atoms with E-state index in [0.717, 1.165) is 24.6 Å². The van der Waals surface area contributed by atoms with Crippen LogP contribution in [-0.4, -0.2) is 34.8 Å². The van der Waals surface area contributed by atoms with E-state index in [9.17, 15) is 14.7 Å². The minimum atomic E-state index is -0.233. The third kappa shape index (κ3) is 4.03. The largest absolute Gasteiger partial charge is 0.503 e. The summed E-state index contributed by atoms with van der Waals surface area (Å²) >= 11 is 4.23. The van der Waals surface area contributed by atoms with Crippen molar-refractivity contribution < 1.29 is 19.4 Å². The zero-order valence-corrected chi connectivity index (χ0v) is 16.4. The third-order valence-electron chi connectivity index (χ3n) is 4.61. The predicted molar refractivity (Wildman–Crippen MR) is 102 cm³/mol. The van der Waals surface area contributed by atoms with Crippen LogP contribution in [0.5, 0.6) is 11.5 Å². The quantitative estimate of drug-likeness (QED) is 0.702. The number of carbonyl (C=O) groups excluding carboxylic acids is 2. The fraction of sp³-hybridized carbons (Fsp3) is 0.444. The Balaban J connectivity index is 1.79. The minimum Gasteiger partial charge on any atom is -0.503 e. The van der Waals surface area contributed by atoms with Crippen molar-refractivity contribution in [2.24, 2.45) is 5.92 Å². The van der Waals surface area contributed by atoms with Gasteiger partial charge in [-0.1, -0.05) is 19.3 Å². The van der Waals surface area contributed by atoms with Crippen LogP contribution in [0.25, 0.3) is 6.08 Å². The first-order chi connectivity index (χ1) is 12.0. The number of halogens is 1. The van der Waals surface area contributed by atoms with Crippen molar-refractivity contribution in [3.63, 3.8) is 0 Å². The smallest absolute Gasteiger partial charge is 0.293 e. The van der Waals surface area contributed by atoms with E-state index in [1.165, 1.54) is 31.3 Å². The number of rotatable bonds is 4. The lowest BCUT2D eigenvalue weighted by Gasteiger charge is -2.25. The van der Waals surface area contributed by atoms with E-state index in [1.807, 2.05) is 0 Å². The summed E-state index contributed by atoms with van der Waals surface area (Å²) in [5, 5.41) is 9.67. The summed E-state index contributed by atoms with van der Waals surface area (Å²) in [7, 11) is 1.46. The van der Waals surface area contributed by atoms with E-state index >= 15 is 0 Å². The van der Waals surface area contributed by atoms with E-state index in [2.05, 4.69) is 15.9 Å². The molecule has 2 fully saturated rings. The summed E-state index contributed by atoms with van der Waals surface area (Å²) in [5.74, 6) is 0.500. The summed E-state index contributed by atoms with van der Waals surface area (Å²) in [5.41, 5.74) is 0.685. The monoisotopic (exact) mass is 425 g/mol. The standard InChI is InChI=1S/C18H20BrNO4S/c1-24-14-8-12(7-13(19)16(14)21)9-15-17(22)20(18(23)25-15)10-11-5-3-2-4-6-11/h7-9,11,21H,2-6,10H2,1H3/b15-9+. The Morgan fingerprint density at radius 1 is 1.32 bits per heavy atom. The van der Waals surface area contributed by atoms with Gasteiger partial charge in [-0.25, -0.2) is 0 Å². The number of phenols is 1. The van der Waals surface area contributed by atoms with Crippen molar-refractivity contribution in [2.75, 3.05) is 13.7 Å². The molecule has 2 aliphatic rings. The fourth-order valence-electron chi connectivity index (χ4n) is 3.27. The Morgan fingerprint density at radius 3 is 2.72 bits per heavy atom. The second kappa shape index (κ2) is 7.83. The number of methoxy groups -OCH3 is 1. The van der Waals surface area contributed by atoms with Gasteiger partial charge < -0.3 is 9.84 Å². The Kier molecular flexibility index (Phi) is 5.74. The molecule has 5 nitrogen and oxygen atoms in total. The molecule has 0 bridgehead atoms. The molecular weight excluding hydrogens is 406 g/mol. The van der Waals surface area contributed by atoms with Gasteiger partial charge in [-0.15, -0.1) is 0 Å².